The molecule has 4 bridgehead atoms. The summed E-state index contributed by atoms with van der Waals surface area (Å²) in [6, 6.07) is 10.7. The maximum atomic E-state index is 13.4. The van der Waals surface area contributed by atoms with Gasteiger partial charge in [0.1, 0.15) is 5.69 Å². The Morgan fingerprint density at radius 2 is 1.89 bits per heavy atom. The van der Waals surface area contributed by atoms with Gasteiger partial charge >= 0.3 is 6.03 Å². The van der Waals surface area contributed by atoms with Gasteiger partial charge in [0.25, 0.3) is 0 Å². The van der Waals surface area contributed by atoms with Crippen LogP contribution in [-0.2, 0) is 24.4 Å². The van der Waals surface area contributed by atoms with Crippen molar-refractivity contribution in [1.82, 2.24) is 35.4 Å². The lowest BCUT2D eigenvalue weighted by Crippen LogP contribution is -2.59. The summed E-state index contributed by atoms with van der Waals surface area (Å²) in [5, 5.41) is 14.1. The molecule has 2 unspecified atom stereocenters. The lowest BCUT2D eigenvalue weighted by molar-refractivity contribution is -0.141. The first-order chi connectivity index (χ1) is 17.1. The van der Waals surface area contributed by atoms with Gasteiger partial charge in [0, 0.05) is 51.7 Å². The molecule has 2 aromatic rings. The number of hydrogen-bond acceptors (Lipinski definition) is 5. The fourth-order valence-electron chi connectivity index (χ4n) is 6.05. The van der Waals surface area contributed by atoms with Crippen LogP contribution in [-0.4, -0.2) is 69.0 Å². The van der Waals surface area contributed by atoms with Gasteiger partial charge in [0.2, 0.25) is 5.91 Å². The first-order valence-corrected chi connectivity index (χ1v) is 13.1. The predicted octanol–water partition coefficient (Wildman–Crippen LogP) is 2.39. The Labute approximate surface area is 207 Å². The van der Waals surface area contributed by atoms with E-state index in [-0.39, 0.29) is 18.0 Å². The van der Waals surface area contributed by atoms with Gasteiger partial charge in [0.05, 0.1) is 12.7 Å². The zero-order valence-corrected chi connectivity index (χ0v) is 20.4. The van der Waals surface area contributed by atoms with E-state index in [9.17, 15) is 9.59 Å². The van der Waals surface area contributed by atoms with Crippen LogP contribution in [0.4, 0.5) is 4.79 Å². The summed E-state index contributed by atoms with van der Waals surface area (Å²) in [5.41, 5.74) is 2.09. The molecule has 1 aromatic heterocycles. The third-order valence-corrected chi connectivity index (χ3v) is 7.62. The van der Waals surface area contributed by atoms with E-state index in [1.54, 1.807) is 4.68 Å². The van der Waals surface area contributed by atoms with Crippen LogP contribution in [0.25, 0.3) is 0 Å². The van der Waals surface area contributed by atoms with Gasteiger partial charge < -0.3 is 15.5 Å². The Morgan fingerprint density at radius 1 is 1.00 bits per heavy atom. The number of amides is 3. The van der Waals surface area contributed by atoms with Crippen molar-refractivity contribution in [2.45, 2.75) is 64.2 Å². The first-order valence-electron chi connectivity index (χ1n) is 13.1. The number of fused-ring (bicyclic) bond motifs is 6. The second-order valence-electron chi connectivity index (χ2n) is 10.3. The lowest BCUT2D eigenvalue weighted by Gasteiger charge is -2.51. The molecule has 35 heavy (non-hydrogen) atoms. The largest absolute Gasteiger partial charge is 0.339 e. The van der Waals surface area contributed by atoms with E-state index in [1.165, 1.54) is 12.0 Å². The molecule has 9 heteroatoms. The molecule has 2 N–H and O–H groups in total. The number of carbonyl (C=O) groups is 2. The van der Waals surface area contributed by atoms with Crippen LogP contribution in [0.3, 0.4) is 0 Å². The third-order valence-electron chi connectivity index (χ3n) is 7.62. The van der Waals surface area contributed by atoms with Crippen molar-refractivity contribution in [3.05, 3.63) is 47.8 Å². The summed E-state index contributed by atoms with van der Waals surface area (Å²) >= 11 is 0. The van der Waals surface area contributed by atoms with E-state index in [1.807, 2.05) is 6.20 Å². The number of hydrogen-bond donors (Lipinski definition) is 2. The molecule has 2 saturated heterocycles. The number of benzene rings is 1. The maximum Gasteiger partial charge on any atom is 0.315 e. The van der Waals surface area contributed by atoms with Crippen LogP contribution in [0.2, 0.25) is 0 Å². The Morgan fingerprint density at radius 3 is 2.77 bits per heavy atom. The zero-order valence-electron chi connectivity index (χ0n) is 20.4. The summed E-state index contributed by atoms with van der Waals surface area (Å²) in [6.07, 6.45) is 7.17. The zero-order chi connectivity index (χ0) is 24.0. The highest BCUT2D eigenvalue weighted by molar-refractivity contribution is 5.76. The molecule has 3 atom stereocenters. The van der Waals surface area contributed by atoms with E-state index in [0.29, 0.717) is 31.3 Å². The van der Waals surface area contributed by atoms with E-state index in [4.69, 9.17) is 0 Å². The SMILES string of the molecule is O=C1NCCCC2[C@H]3CC(CN(Cc4ccccc4)C3)CN2C(=O)CCCCn2cc(nn2)CN1. The highest BCUT2D eigenvalue weighted by atomic mass is 16.2. The van der Waals surface area contributed by atoms with Crippen LogP contribution < -0.4 is 10.6 Å². The summed E-state index contributed by atoms with van der Waals surface area (Å²) < 4.78 is 1.80. The molecule has 188 valence electrons. The predicted molar refractivity (Wildman–Crippen MR) is 132 cm³/mol. The molecule has 4 heterocycles. The molecule has 3 amide bonds. The van der Waals surface area contributed by atoms with Crippen LogP contribution in [0.15, 0.2) is 36.5 Å². The molecule has 0 radical (unpaired) electrons. The maximum absolute atomic E-state index is 13.4. The van der Waals surface area contributed by atoms with Crippen LogP contribution in [0, 0.1) is 11.8 Å². The van der Waals surface area contributed by atoms with Gasteiger partial charge in [-0.15, -0.1) is 5.10 Å². The van der Waals surface area contributed by atoms with Crippen LogP contribution in [0.5, 0.6) is 0 Å². The number of piperidine rings is 2. The highest BCUT2D eigenvalue weighted by Gasteiger charge is 2.42. The number of likely N-dealkylation sites (tertiary alicyclic amines) is 1. The number of nitrogens with zero attached hydrogens (tertiary/aromatic N) is 5. The van der Waals surface area contributed by atoms with Crippen molar-refractivity contribution in [3.63, 3.8) is 0 Å². The Bertz CT molecular complexity index is 995. The molecule has 9 nitrogen and oxygen atoms in total. The van der Waals surface area contributed by atoms with Gasteiger partial charge in [-0.1, -0.05) is 35.5 Å². The third kappa shape index (κ3) is 6.20. The number of carbonyl (C=O) groups excluding carboxylic acids is 2. The summed E-state index contributed by atoms with van der Waals surface area (Å²) in [6.45, 7) is 5.60. The number of aromatic nitrogens is 3. The minimum Gasteiger partial charge on any atom is -0.339 e. The van der Waals surface area contributed by atoms with Gasteiger partial charge in [-0.3, -0.25) is 14.4 Å². The molecule has 1 aromatic carbocycles. The molecule has 2 fully saturated rings. The van der Waals surface area contributed by atoms with Crippen molar-refractivity contribution in [2.75, 3.05) is 26.2 Å². The van der Waals surface area contributed by atoms with Crippen molar-refractivity contribution >= 4 is 11.9 Å². The van der Waals surface area contributed by atoms with Crippen molar-refractivity contribution in [3.8, 4) is 0 Å². The average molecular weight is 480 g/mol. The molecule has 3 aliphatic heterocycles. The fourth-order valence-corrected chi connectivity index (χ4v) is 6.05. The normalized spacial score (nSPS) is 26.9. The fraction of sp³-hybridized carbons (Fsp3) is 0.615. The van der Waals surface area contributed by atoms with Gasteiger partial charge in [-0.05, 0) is 49.5 Å². The average Bonchev–Trinajstić information content (AvgIpc) is 3.31. The number of aryl methyl sites for hydroxylation is 1. The van der Waals surface area contributed by atoms with Crippen molar-refractivity contribution in [2.24, 2.45) is 11.8 Å². The van der Waals surface area contributed by atoms with E-state index in [0.717, 1.165) is 64.1 Å². The summed E-state index contributed by atoms with van der Waals surface area (Å²) in [5.74, 6) is 1.30. The second-order valence-corrected chi connectivity index (χ2v) is 10.3. The topological polar surface area (TPSA) is 95.4 Å². The minimum atomic E-state index is -0.188. The van der Waals surface area contributed by atoms with Crippen LogP contribution in [0.1, 0.15) is 49.8 Å². The molecular weight excluding hydrogens is 442 g/mol. The summed E-state index contributed by atoms with van der Waals surface area (Å²) in [4.78, 5) is 30.4. The van der Waals surface area contributed by atoms with Gasteiger partial charge in [-0.2, -0.15) is 0 Å². The monoisotopic (exact) mass is 479 g/mol. The molecule has 0 saturated carbocycles. The van der Waals surface area contributed by atoms with E-state index >= 15 is 0 Å². The highest BCUT2D eigenvalue weighted by Crippen LogP contribution is 2.36. The minimum absolute atomic E-state index is 0.188. The summed E-state index contributed by atoms with van der Waals surface area (Å²) in [7, 11) is 0. The standard InChI is InChI=1S/C26H37N7O2/c34-25-10-4-5-12-32-19-23(29-30-32)14-28-26(35)27-11-6-9-24-22-13-21(17-33(24)25)16-31(18-22)15-20-7-2-1-3-8-20/h1-3,7-8,19,21-22,24H,4-6,9-18H2,(H2,27,28,35)/t21?,22-,24?/m0/s1. The van der Waals surface area contributed by atoms with E-state index < -0.39 is 0 Å². The number of nitrogens with one attached hydrogen (secondary N) is 2. The lowest BCUT2D eigenvalue weighted by atomic mass is 9.77. The molecule has 0 aliphatic carbocycles. The first kappa shape index (κ1) is 23.8. The smallest absolute Gasteiger partial charge is 0.315 e. The molecule has 0 spiro atoms. The number of urea groups is 1. The molecule has 3 aliphatic rings. The molecular formula is C26H37N7O2. The number of rotatable bonds is 2. The van der Waals surface area contributed by atoms with Crippen LogP contribution >= 0.6 is 0 Å². The second kappa shape index (κ2) is 11.2. The van der Waals surface area contributed by atoms with E-state index in [2.05, 4.69) is 61.1 Å². The Kier molecular flexibility index (Phi) is 7.61. The molecule has 5 rings (SSSR count). The van der Waals surface area contributed by atoms with Gasteiger partial charge in [0.15, 0.2) is 0 Å². The van der Waals surface area contributed by atoms with Crippen molar-refractivity contribution < 1.29 is 9.59 Å². The van der Waals surface area contributed by atoms with Crippen molar-refractivity contribution in [1.29, 1.82) is 0 Å². The quantitative estimate of drug-likeness (QED) is 0.690. The Balaban J connectivity index is 1.26. The van der Waals surface area contributed by atoms with Gasteiger partial charge in [-0.25, -0.2) is 4.79 Å². The Hall–Kier alpha value is -2.94.